The van der Waals surface area contributed by atoms with Crippen LogP contribution in [-0.4, -0.2) is 18.0 Å². The second kappa shape index (κ2) is 4.67. The molecule has 2 heteroatoms. The lowest BCUT2D eigenvalue weighted by molar-refractivity contribution is 0.294. The highest BCUT2D eigenvalue weighted by Gasteiger charge is 2.23. The van der Waals surface area contributed by atoms with E-state index in [1.165, 1.54) is 24.0 Å². The molecule has 0 amide bonds. The minimum absolute atomic E-state index is 0.0539. The zero-order valence-electron chi connectivity index (χ0n) is 10.0. The first-order chi connectivity index (χ1) is 7.72. The molecule has 84 valence electrons. The van der Waals surface area contributed by atoms with E-state index < -0.39 is 0 Å². The van der Waals surface area contributed by atoms with E-state index in [9.17, 15) is 5.26 Å². The van der Waals surface area contributed by atoms with Crippen molar-refractivity contribution in [3.63, 3.8) is 0 Å². The summed E-state index contributed by atoms with van der Waals surface area (Å²) in [7, 11) is 0. The van der Waals surface area contributed by atoms with Gasteiger partial charge in [-0.1, -0.05) is 18.2 Å². The van der Waals surface area contributed by atoms with Crippen molar-refractivity contribution in [2.75, 3.05) is 13.1 Å². The van der Waals surface area contributed by atoms with Gasteiger partial charge in [-0.2, -0.15) is 5.26 Å². The van der Waals surface area contributed by atoms with Gasteiger partial charge < -0.3 is 0 Å². The first-order valence-corrected chi connectivity index (χ1v) is 5.93. The van der Waals surface area contributed by atoms with Gasteiger partial charge in [-0.3, -0.25) is 4.90 Å². The molecule has 0 aromatic heterocycles. The molecule has 0 N–H and O–H groups in total. The number of likely N-dealkylation sites (tertiary alicyclic amines) is 1. The topological polar surface area (TPSA) is 27.0 Å². The van der Waals surface area contributed by atoms with Crippen LogP contribution < -0.4 is 0 Å². The molecule has 0 saturated carbocycles. The van der Waals surface area contributed by atoms with Crippen LogP contribution in [0.5, 0.6) is 0 Å². The van der Waals surface area contributed by atoms with Crippen molar-refractivity contribution in [3.8, 4) is 6.07 Å². The van der Waals surface area contributed by atoms with Crippen molar-refractivity contribution in [1.29, 1.82) is 5.26 Å². The predicted octanol–water partition coefficient (Wildman–Crippen LogP) is 2.96. The Balaban J connectivity index is 2.26. The Morgan fingerprint density at radius 1 is 1.19 bits per heavy atom. The molecule has 1 aromatic rings. The maximum Gasteiger partial charge on any atom is 0.123 e. The summed E-state index contributed by atoms with van der Waals surface area (Å²) in [5, 5.41) is 9.31. The van der Waals surface area contributed by atoms with Crippen LogP contribution >= 0.6 is 0 Å². The quantitative estimate of drug-likeness (QED) is 0.756. The van der Waals surface area contributed by atoms with E-state index in [0.29, 0.717) is 0 Å². The van der Waals surface area contributed by atoms with E-state index in [1.807, 2.05) is 0 Å². The third-order valence-electron chi connectivity index (χ3n) is 3.47. The maximum absolute atomic E-state index is 9.31. The molecule has 16 heavy (non-hydrogen) atoms. The Morgan fingerprint density at radius 3 is 2.44 bits per heavy atom. The molecule has 2 rings (SSSR count). The van der Waals surface area contributed by atoms with E-state index in [1.54, 1.807) is 0 Å². The fraction of sp³-hybridized carbons (Fsp3) is 0.500. The van der Waals surface area contributed by atoms with E-state index >= 15 is 0 Å². The number of aryl methyl sites for hydroxylation is 2. The molecule has 0 bridgehead atoms. The Hall–Kier alpha value is -1.33. The molecule has 1 heterocycles. The molecule has 1 saturated heterocycles. The smallest absolute Gasteiger partial charge is 0.123 e. The number of hydrogen-bond donors (Lipinski definition) is 0. The van der Waals surface area contributed by atoms with E-state index in [4.69, 9.17) is 0 Å². The van der Waals surface area contributed by atoms with Crippen LogP contribution in [-0.2, 0) is 0 Å². The zero-order valence-corrected chi connectivity index (χ0v) is 10.0. The van der Waals surface area contributed by atoms with Crippen LogP contribution in [0, 0.1) is 25.2 Å². The van der Waals surface area contributed by atoms with Gasteiger partial charge in [-0.15, -0.1) is 0 Å². The van der Waals surface area contributed by atoms with Crippen molar-refractivity contribution in [2.24, 2.45) is 0 Å². The summed E-state index contributed by atoms with van der Waals surface area (Å²) in [6, 6.07) is 8.74. The van der Waals surface area contributed by atoms with Crippen LogP contribution in [0.15, 0.2) is 18.2 Å². The highest BCUT2D eigenvalue weighted by Crippen LogP contribution is 2.25. The Kier molecular flexibility index (Phi) is 3.26. The first kappa shape index (κ1) is 11.2. The summed E-state index contributed by atoms with van der Waals surface area (Å²) >= 11 is 0. The molecular weight excluding hydrogens is 196 g/mol. The maximum atomic E-state index is 9.31. The van der Waals surface area contributed by atoms with Gasteiger partial charge in [0.05, 0.1) is 6.07 Å². The minimum atomic E-state index is -0.0539. The second-order valence-electron chi connectivity index (χ2n) is 4.62. The number of rotatable bonds is 2. The molecule has 1 atom stereocenters. The third-order valence-corrected chi connectivity index (χ3v) is 3.47. The summed E-state index contributed by atoms with van der Waals surface area (Å²) in [4.78, 5) is 2.28. The largest absolute Gasteiger partial charge is 0.284 e. The van der Waals surface area contributed by atoms with Crippen molar-refractivity contribution in [1.82, 2.24) is 4.90 Å². The van der Waals surface area contributed by atoms with Gasteiger partial charge in [-0.05, 0) is 56.5 Å². The molecule has 1 fully saturated rings. The van der Waals surface area contributed by atoms with Gasteiger partial charge in [-0.25, -0.2) is 0 Å². The van der Waals surface area contributed by atoms with Gasteiger partial charge in [0, 0.05) is 0 Å². The summed E-state index contributed by atoms with van der Waals surface area (Å²) < 4.78 is 0. The predicted molar refractivity (Wildman–Crippen MR) is 65.1 cm³/mol. The summed E-state index contributed by atoms with van der Waals surface area (Å²) in [5.41, 5.74) is 3.71. The number of hydrogen-bond acceptors (Lipinski definition) is 2. The number of nitrogens with zero attached hydrogens (tertiary/aromatic N) is 2. The SMILES string of the molecule is Cc1ccc(C(C#N)N2CCCC2)cc1C. The van der Waals surface area contributed by atoms with Crippen molar-refractivity contribution < 1.29 is 0 Å². The van der Waals surface area contributed by atoms with Crippen LogP contribution in [0.1, 0.15) is 35.6 Å². The summed E-state index contributed by atoms with van der Waals surface area (Å²) in [5.74, 6) is 0. The van der Waals surface area contributed by atoms with Gasteiger partial charge in [0.15, 0.2) is 0 Å². The summed E-state index contributed by atoms with van der Waals surface area (Å²) in [6.45, 7) is 6.34. The minimum Gasteiger partial charge on any atom is -0.284 e. The number of benzene rings is 1. The van der Waals surface area contributed by atoms with Gasteiger partial charge in [0.2, 0.25) is 0 Å². The van der Waals surface area contributed by atoms with Crippen LogP contribution in [0.25, 0.3) is 0 Å². The average molecular weight is 214 g/mol. The van der Waals surface area contributed by atoms with Gasteiger partial charge in [0.25, 0.3) is 0 Å². The van der Waals surface area contributed by atoms with Gasteiger partial charge in [0.1, 0.15) is 6.04 Å². The standard InChI is InChI=1S/C14H18N2/c1-11-5-6-13(9-12(11)2)14(10-15)16-7-3-4-8-16/h5-6,9,14H,3-4,7-8H2,1-2H3. The molecule has 0 spiro atoms. The van der Waals surface area contributed by atoms with Crippen molar-refractivity contribution in [3.05, 3.63) is 34.9 Å². The molecule has 1 aromatic carbocycles. The lowest BCUT2D eigenvalue weighted by atomic mass is 10.0. The van der Waals surface area contributed by atoms with Crippen molar-refractivity contribution >= 4 is 0 Å². The fourth-order valence-corrected chi connectivity index (χ4v) is 2.30. The Morgan fingerprint density at radius 2 is 1.88 bits per heavy atom. The molecular formula is C14H18N2. The lowest BCUT2D eigenvalue weighted by Crippen LogP contribution is -2.24. The summed E-state index contributed by atoms with van der Waals surface area (Å²) in [6.07, 6.45) is 2.45. The number of nitriles is 1. The van der Waals surface area contributed by atoms with Gasteiger partial charge >= 0.3 is 0 Å². The zero-order chi connectivity index (χ0) is 11.5. The normalized spacial score (nSPS) is 18.3. The van der Waals surface area contributed by atoms with E-state index in [-0.39, 0.29) is 6.04 Å². The molecule has 0 aliphatic carbocycles. The molecule has 0 radical (unpaired) electrons. The first-order valence-electron chi connectivity index (χ1n) is 5.93. The van der Waals surface area contributed by atoms with E-state index in [2.05, 4.69) is 43.0 Å². The van der Waals surface area contributed by atoms with Crippen LogP contribution in [0.2, 0.25) is 0 Å². The molecule has 1 aliphatic rings. The molecule has 1 aliphatic heterocycles. The Bertz CT molecular complexity index is 411. The molecule has 2 nitrogen and oxygen atoms in total. The monoisotopic (exact) mass is 214 g/mol. The lowest BCUT2D eigenvalue weighted by Gasteiger charge is -2.22. The van der Waals surface area contributed by atoms with Crippen LogP contribution in [0.3, 0.4) is 0 Å². The fourth-order valence-electron chi connectivity index (χ4n) is 2.30. The second-order valence-corrected chi connectivity index (χ2v) is 4.62. The van der Waals surface area contributed by atoms with Crippen LogP contribution in [0.4, 0.5) is 0 Å². The highest BCUT2D eigenvalue weighted by molar-refractivity contribution is 5.34. The van der Waals surface area contributed by atoms with Crippen molar-refractivity contribution in [2.45, 2.75) is 32.7 Å². The van der Waals surface area contributed by atoms with E-state index in [0.717, 1.165) is 18.7 Å². The molecule has 1 unspecified atom stereocenters. The highest BCUT2D eigenvalue weighted by atomic mass is 15.2. The average Bonchev–Trinajstić information content (AvgIpc) is 2.78. The Labute approximate surface area is 97.5 Å². The third kappa shape index (κ3) is 2.10.